The molecule has 86 valence electrons. The zero-order valence-electron chi connectivity index (χ0n) is 7.48. The van der Waals surface area contributed by atoms with Gasteiger partial charge >= 0.3 is 20.4 Å². The molecule has 0 aromatic carbocycles. The quantitative estimate of drug-likeness (QED) is 0.596. The summed E-state index contributed by atoms with van der Waals surface area (Å²) < 4.78 is 64.2. The minimum Gasteiger partial charge on any atom is -0.304 e. The number of nitrogens with zero attached hydrogens (tertiary/aromatic N) is 1. The third-order valence-corrected chi connectivity index (χ3v) is 2.77. The molecule has 0 aliphatic carbocycles. The van der Waals surface area contributed by atoms with Gasteiger partial charge in [0.15, 0.2) is 0 Å². The van der Waals surface area contributed by atoms with E-state index in [1.165, 1.54) is 11.9 Å². The van der Waals surface area contributed by atoms with Crippen LogP contribution in [0.2, 0.25) is 0 Å². The molecule has 0 aliphatic heterocycles. The molecule has 0 amide bonds. The van der Waals surface area contributed by atoms with Gasteiger partial charge in [0.05, 0.1) is 11.5 Å². The van der Waals surface area contributed by atoms with Crippen molar-refractivity contribution in [1.82, 2.24) is 4.90 Å². The third-order valence-electron chi connectivity index (χ3n) is 1.43. The second kappa shape index (κ2) is 4.99. The van der Waals surface area contributed by atoms with E-state index in [-0.39, 0.29) is 13.1 Å². The van der Waals surface area contributed by atoms with Crippen molar-refractivity contribution in [3.8, 4) is 0 Å². The normalized spacial score (nSPS) is 13.4. The summed E-state index contributed by atoms with van der Waals surface area (Å²) >= 11 is 0. The summed E-state index contributed by atoms with van der Waals surface area (Å²) in [4.78, 5) is 1.22. The van der Waals surface area contributed by atoms with Crippen LogP contribution >= 0.6 is 0 Å². The first-order valence-corrected chi connectivity index (χ1v) is 6.74. The first-order chi connectivity index (χ1) is 6.10. The fraction of sp³-hybridized carbons (Fsp3) is 1.00. The Morgan fingerprint density at radius 3 is 1.43 bits per heavy atom. The van der Waals surface area contributed by atoms with Crippen molar-refractivity contribution in [3.05, 3.63) is 0 Å². The topological polar surface area (TPSA) is 71.5 Å². The van der Waals surface area contributed by atoms with E-state index in [9.17, 15) is 24.6 Å². The van der Waals surface area contributed by atoms with Crippen molar-refractivity contribution in [2.75, 3.05) is 31.6 Å². The van der Waals surface area contributed by atoms with Crippen LogP contribution in [0.5, 0.6) is 0 Å². The van der Waals surface area contributed by atoms with E-state index in [4.69, 9.17) is 0 Å². The van der Waals surface area contributed by atoms with Crippen LogP contribution in [-0.4, -0.2) is 53.4 Å². The molecular formula is C5H11F2NO4S2. The minimum absolute atomic E-state index is 0.172. The molecule has 9 heteroatoms. The molecule has 0 aromatic rings. The Kier molecular flexibility index (Phi) is 4.89. The summed E-state index contributed by atoms with van der Waals surface area (Å²) in [6.07, 6.45) is 0. The van der Waals surface area contributed by atoms with Crippen LogP contribution < -0.4 is 0 Å². The molecule has 0 bridgehead atoms. The number of rotatable bonds is 6. The summed E-state index contributed by atoms with van der Waals surface area (Å²) in [5.41, 5.74) is 0. The summed E-state index contributed by atoms with van der Waals surface area (Å²) in [7, 11) is -7.74. The van der Waals surface area contributed by atoms with Crippen LogP contribution in [0.25, 0.3) is 0 Å². The van der Waals surface area contributed by atoms with Crippen molar-refractivity contribution in [2.24, 2.45) is 0 Å². The van der Waals surface area contributed by atoms with Crippen LogP contribution in [0.4, 0.5) is 7.77 Å². The molecule has 5 nitrogen and oxygen atoms in total. The van der Waals surface area contributed by atoms with Crippen molar-refractivity contribution >= 4 is 20.4 Å². The molecular weight excluding hydrogens is 240 g/mol. The molecule has 0 aliphatic rings. The average molecular weight is 251 g/mol. The van der Waals surface area contributed by atoms with Gasteiger partial charge in [0.1, 0.15) is 0 Å². The fourth-order valence-electron chi connectivity index (χ4n) is 0.642. The summed E-state index contributed by atoms with van der Waals surface area (Å²) in [5, 5.41) is 0. The van der Waals surface area contributed by atoms with E-state index in [0.29, 0.717) is 0 Å². The van der Waals surface area contributed by atoms with E-state index in [0.717, 1.165) is 0 Å². The Bertz CT molecular complexity index is 327. The Balaban J connectivity index is 3.84. The van der Waals surface area contributed by atoms with E-state index in [1.807, 2.05) is 0 Å². The van der Waals surface area contributed by atoms with E-state index < -0.39 is 32.0 Å². The van der Waals surface area contributed by atoms with Crippen molar-refractivity contribution < 1.29 is 24.6 Å². The molecule has 0 spiro atoms. The second-order valence-electron chi connectivity index (χ2n) is 2.79. The van der Waals surface area contributed by atoms with Crippen LogP contribution in [0.1, 0.15) is 0 Å². The lowest BCUT2D eigenvalue weighted by Crippen LogP contribution is -2.28. The zero-order valence-corrected chi connectivity index (χ0v) is 9.11. The van der Waals surface area contributed by atoms with Gasteiger partial charge in [-0.2, -0.15) is 16.8 Å². The van der Waals surface area contributed by atoms with Crippen molar-refractivity contribution in [1.29, 1.82) is 0 Å². The largest absolute Gasteiger partial charge is 0.304 e. The number of halogens is 2. The lowest BCUT2D eigenvalue weighted by Gasteiger charge is -2.13. The lowest BCUT2D eigenvalue weighted by atomic mass is 10.6. The maximum absolute atomic E-state index is 12.0. The van der Waals surface area contributed by atoms with Crippen molar-refractivity contribution in [2.45, 2.75) is 0 Å². The molecule has 0 heterocycles. The van der Waals surface area contributed by atoms with E-state index >= 15 is 0 Å². The summed E-state index contributed by atoms with van der Waals surface area (Å²) in [5.74, 6) is -1.45. The maximum atomic E-state index is 12.0. The fourth-order valence-corrected chi connectivity index (χ4v) is 1.70. The standard InChI is InChI=1S/C5H11F2NO4S2/c1-8(2-4-13(6,9)10)3-5-14(7,11)12/h2-5H2,1H3. The van der Waals surface area contributed by atoms with Gasteiger partial charge in [-0.3, -0.25) is 0 Å². The molecule has 0 saturated carbocycles. The highest BCUT2D eigenvalue weighted by Gasteiger charge is 2.12. The summed E-state index contributed by atoms with van der Waals surface area (Å²) in [6.45, 7) is -0.345. The summed E-state index contributed by atoms with van der Waals surface area (Å²) in [6, 6.07) is 0. The molecule has 0 saturated heterocycles. The van der Waals surface area contributed by atoms with Crippen LogP contribution in [-0.2, 0) is 20.4 Å². The third kappa shape index (κ3) is 9.81. The minimum atomic E-state index is -4.56. The Labute approximate surface area is 82.1 Å². The molecule has 0 aromatic heterocycles. The maximum Gasteiger partial charge on any atom is 0.303 e. The molecule has 0 N–H and O–H groups in total. The predicted octanol–water partition coefficient (Wildman–Crippen LogP) is -0.483. The Morgan fingerprint density at radius 2 is 1.21 bits per heavy atom. The molecule has 0 unspecified atom stereocenters. The molecule has 0 radical (unpaired) electrons. The zero-order chi connectivity index (χ0) is 11.4. The molecule has 0 rings (SSSR count). The van der Waals surface area contributed by atoms with Gasteiger partial charge < -0.3 is 4.90 Å². The van der Waals surface area contributed by atoms with Gasteiger partial charge in [-0.15, -0.1) is 7.77 Å². The first kappa shape index (κ1) is 13.7. The van der Waals surface area contributed by atoms with Crippen LogP contribution in [0.3, 0.4) is 0 Å². The number of hydrogen-bond acceptors (Lipinski definition) is 5. The second-order valence-corrected chi connectivity index (χ2v) is 5.76. The lowest BCUT2D eigenvalue weighted by molar-refractivity contribution is 0.369. The van der Waals surface area contributed by atoms with Crippen LogP contribution in [0, 0.1) is 0 Å². The molecule has 14 heavy (non-hydrogen) atoms. The van der Waals surface area contributed by atoms with Gasteiger partial charge in [-0.1, -0.05) is 0 Å². The van der Waals surface area contributed by atoms with Crippen LogP contribution in [0.15, 0.2) is 0 Å². The van der Waals surface area contributed by atoms with Crippen molar-refractivity contribution in [3.63, 3.8) is 0 Å². The monoisotopic (exact) mass is 251 g/mol. The average Bonchev–Trinajstić information content (AvgIpc) is 1.94. The SMILES string of the molecule is CN(CCS(=O)(=O)F)CCS(=O)(=O)F. The first-order valence-electron chi connectivity index (χ1n) is 3.63. The van der Waals surface area contributed by atoms with Gasteiger partial charge in [0.25, 0.3) is 0 Å². The van der Waals surface area contributed by atoms with Gasteiger partial charge in [-0.25, -0.2) is 0 Å². The van der Waals surface area contributed by atoms with Gasteiger partial charge in [-0.05, 0) is 7.05 Å². The van der Waals surface area contributed by atoms with Gasteiger partial charge in [0.2, 0.25) is 0 Å². The molecule has 0 atom stereocenters. The predicted molar refractivity (Wildman–Crippen MR) is 47.3 cm³/mol. The Hall–Kier alpha value is -0.280. The molecule has 0 fully saturated rings. The smallest absolute Gasteiger partial charge is 0.303 e. The highest BCUT2D eigenvalue weighted by Crippen LogP contribution is 1.95. The Morgan fingerprint density at radius 1 is 0.929 bits per heavy atom. The van der Waals surface area contributed by atoms with Gasteiger partial charge in [0, 0.05) is 13.1 Å². The number of hydrogen-bond donors (Lipinski definition) is 0. The highest BCUT2D eigenvalue weighted by molar-refractivity contribution is 7.86. The van der Waals surface area contributed by atoms with E-state index in [1.54, 1.807) is 0 Å². The highest BCUT2D eigenvalue weighted by atomic mass is 32.3. The van der Waals surface area contributed by atoms with E-state index in [2.05, 4.69) is 0 Å².